The van der Waals surface area contributed by atoms with Crippen molar-refractivity contribution in [2.24, 2.45) is 11.3 Å². The predicted molar refractivity (Wildman–Crippen MR) is 79.5 cm³/mol. The zero-order valence-corrected chi connectivity index (χ0v) is 12.5. The predicted octanol–water partition coefficient (Wildman–Crippen LogP) is 2.29. The van der Waals surface area contributed by atoms with E-state index in [0.29, 0.717) is 31.0 Å². The SMILES string of the molecule is O=C(c1cccnc1C1CC1)N1C[C@@H]2CCC[C@]2(C(=O)O)C1. The largest absolute Gasteiger partial charge is 0.481 e. The van der Waals surface area contributed by atoms with Crippen LogP contribution in [0, 0.1) is 11.3 Å². The first-order valence-corrected chi connectivity index (χ1v) is 8.09. The first kappa shape index (κ1) is 13.7. The normalized spacial score (nSPS) is 30.4. The van der Waals surface area contributed by atoms with E-state index >= 15 is 0 Å². The highest BCUT2D eigenvalue weighted by Gasteiger charge is 2.56. The van der Waals surface area contributed by atoms with Crippen LogP contribution in [0.15, 0.2) is 18.3 Å². The lowest BCUT2D eigenvalue weighted by atomic mass is 9.81. The minimum atomic E-state index is -0.737. The smallest absolute Gasteiger partial charge is 0.311 e. The number of pyridine rings is 1. The Balaban J connectivity index is 1.61. The molecule has 22 heavy (non-hydrogen) atoms. The number of likely N-dealkylation sites (tertiary alicyclic amines) is 1. The van der Waals surface area contributed by atoms with E-state index in [2.05, 4.69) is 4.98 Å². The van der Waals surface area contributed by atoms with Gasteiger partial charge >= 0.3 is 5.97 Å². The standard InChI is InChI=1S/C17H20N2O3/c20-15(13-4-2-8-18-14(13)11-5-6-11)19-9-12-3-1-7-17(12,10-19)16(21)22/h2,4,8,11-12H,1,3,5-7,9-10H2,(H,21,22)/t12-,17-/m0/s1. The van der Waals surface area contributed by atoms with Crippen LogP contribution in [0.1, 0.15) is 54.1 Å². The summed E-state index contributed by atoms with van der Waals surface area (Å²) in [5.41, 5.74) is 0.858. The van der Waals surface area contributed by atoms with Crippen LogP contribution in [-0.2, 0) is 4.79 Å². The Morgan fingerprint density at radius 1 is 1.32 bits per heavy atom. The third kappa shape index (κ3) is 1.95. The highest BCUT2D eigenvalue weighted by molar-refractivity contribution is 5.96. The highest BCUT2D eigenvalue weighted by atomic mass is 16.4. The number of carbonyl (C=O) groups is 2. The Labute approximate surface area is 129 Å². The van der Waals surface area contributed by atoms with Crippen molar-refractivity contribution in [3.63, 3.8) is 0 Å². The molecule has 1 amide bonds. The summed E-state index contributed by atoms with van der Waals surface area (Å²) in [4.78, 5) is 30.8. The molecule has 0 unspecified atom stereocenters. The van der Waals surface area contributed by atoms with E-state index in [1.165, 1.54) is 0 Å². The third-order valence-corrected chi connectivity index (χ3v) is 5.62. The molecule has 116 valence electrons. The second-order valence-corrected chi connectivity index (χ2v) is 6.95. The first-order valence-electron chi connectivity index (χ1n) is 8.09. The van der Waals surface area contributed by atoms with E-state index in [1.807, 2.05) is 6.07 Å². The average molecular weight is 300 g/mol. The fraction of sp³-hybridized carbons (Fsp3) is 0.588. The maximum absolute atomic E-state index is 12.9. The minimum Gasteiger partial charge on any atom is -0.481 e. The molecule has 2 atom stereocenters. The number of rotatable bonds is 3. The summed E-state index contributed by atoms with van der Waals surface area (Å²) in [5.74, 6) is -0.255. The van der Waals surface area contributed by atoms with Gasteiger partial charge < -0.3 is 10.0 Å². The van der Waals surface area contributed by atoms with Crippen LogP contribution in [-0.4, -0.2) is 40.0 Å². The third-order valence-electron chi connectivity index (χ3n) is 5.62. The molecule has 3 aliphatic rings. The Hall–Kier alpha value is -1.91. The molecule has 5 nitrogen and oxygen atoms in total. The molecule has 2 saturated carbocycles. The Morgan fingerprint density at radius 3 is 2.82 bits per heavy atom. The number of nitrogens with zero attached hydrogens (tertiary/aromatic N) is 2. The van der Waals surface area contributed by atoms with Gasteiger partial charge in [-0.15, -0.1) is 0 Å². The van der Waals surface area contributed by atoms with Gasteiger partial charge in [0.1, 0.15) is 0 Å². The van der Waals surface area contributed by atoms with Gasteiger partial charge in [0.05, 0.1) is 16.7 Å². The van der Waals surface area contributed by atoms with Gasteiger partial charge in [-0.2, -0.15) is 0 Å². The molecule has 0 bridgehead atoms. The van der Waals surface area contributed by atoms with E-state index in [4.69, 9.17) is 0 Å². The van der Waals surface area contributed by atoms with Crippen molar-refractivity contribution in [1.82, 2.24) is 9.88 Å². The topological polar surface area (TPSA) is 70.5 Å². The Morgan fingerprint density at radius 2 is 2.14 bits per heavy atom. The summed E-state index contributed by atoms with van der Waals surface area (Å²) >= 11 is 0. The van der Waals surface area contributed by atoms with E-state index in [9.17, 15) is 14.7 Å². The second-order valence-electron chi connectivity index (χ2n) is 6.95. The van der Waals surface area contributed by atoms with E-state index in [0.717, 1.165) is 31.4 Å². The lowest BCUT2D eigenvalue weighted by molar-refractivity contribution is -0.149. The molecule has 2 heterocycles. The number of amides is 1. The number of carbonyl (C=O) groups excluding carboxylic acids is 1. The van der Waals surface area contributed by atoms with Gasteiger partial charge in [0.15, 0.2) is 0 Å². The Bertz CT molecular complexity index is 641. The van der Waals surface area contributed by atoms with Crippen LogP contribution < -0.4 is 0 Å². The molecule has 0 spiro atoms. The molecule has 0 radical (unpaired) electrons. The Kier molecular flexibility index (Phi) is 2.99. The number of carboxylic acids is 1. The van der Waals surface area contributed by atoms with Gasteiger partial charge in [-0.3, -0.25) is 14.6 Å². The van der Waals surface area contributed by atoms with Crippen molar-refractivity contribution in [3.8, 4) is 0 Å². The molecule has 5 heteroatoms. The maximum Gasteiger partial charge on any atom is 0.311 e. The molecule has 1 aromatic heterocycles. The number of hydrogen-bond donors (Lipinski definition) is 1. The number of hydrogen-bond acceptors (Lipinski definition) is 3. The zero-order chi connectivity index (χ0) is 15.3. The molecule has 2 aliphatic carbocycles. The summed E-state index contributed by atoms with van der Waals surface area (Å²) < 4.78 is 0. The van der Waals surface area contributed by atoms with Crippen LogP contribution >= 0.6 is 0 Å². The quantitative estimate of drug-likeness (QED) is 0.929. The zero-order valence-electron chi connectivity index (χ0n) is 12.5. The van der Waals surface area contributed by atoms with Gasteiger partial charge in [-0.05, 0) is 43.7 Å². The lowest BCUT2D eigenvalue weighted by Crippen LogP contribution is -2.37. The van der Waals surface area contributed by atoms with Crippen LogP contribution in [0.3, 0.4) is 0 Å². The first-order chi connectivity index (χ1) is 10.6. The average Bonchev–Trinajstić information content (AvgIpc) is 3.16. The fourth-order valence-electron chi connectivity index (χ4n) is 4.24. The van der Waals surface area contributed by atoms with Crippen molar-refractivity contribution < 1.29 is 14.7 Å². The molecule has 4 rings (SSSR count). The molecule has 1 aromatic rings. The monoisotopic (exact) mass is 300 g/mol. The van der Waals surface area contributed by atoms with E-state index in [1.54, 1.807) is 17.2 Å². The van der Waals surface area contributed by atoms with E-state index in [-0.39, 0.29) is 11.8 Å². The fourth-order valence-corrected chi connectivity index (χ4v) is 4.24. The van der Waals surface area contributed by atoms with Crippen LogP contribution in [0.2, 0.25) is 0 Å². The lowest BCUT2D eigenvalue weighted by Gasteiger charge is -2.23. The van der Waals surface area contributed by atoms with Crippen molar-refractivity contribution in [2.75, 3.05) is 13.1 Å². The maximum atomic E-state index is 12.9. The van der Waals surface area contributed by atoms with E-state index < -0.39 is 11.4 Å². The van der Waals surface area contributed by atoms with Crippen molar-refractivity contribution >= 4 is 11.9 Å². The van der Waals surface area contributed by atoms with Crippen LogP contribution in [0.5, 0.6) is 0 Å². The van der Waals surface area contributed by atoms with Crippen LogP contribution in [0.4, 0.5) is 0 Å². The van der Waals surface area contributed by atoms with Crippen LogP contribution in [0.25, 0.3) is 0 Å². The van der Waals surface area contributed by atoms with Gasteiger partial charge in [0, 0.05) is 25.2 Å². The minimum absolute atomic E-state index is 0.0370. The number of aromatic nitrogens is 1. The van der Waals surface area contributed by atoms with Crippen molar-refractivity contribution in [1.29, 1.82) is 0 Å². The van der Waals surface area contributed by atoms with Gasteiger partial charge in [-0.25, -0.2) is 0 Å². The molecule has 3 fully saturated rings. The van der Waals surface area contributed by atoms with Gasteiger partial charge in [-0.1, -0.05) is 6.42 Å². The van der Waals surface area contributed by atoms with Crippen molar-refractivity contribution in [2.45, 2.75) is 38.0 Å². The molecule has 0 aromatic carbocycles. The molecule has 1 aliphatic heterocycles. The highest BCUT2D eigenvalue weighted by Crippen LogP contribution is 2.49. The number of fused-ring (bicyclic) bond motifs is 1. The summed E-state index contributed by atoms with van der Waals surface area (Å²) in [7, 11) is 0. The number of aliphatic carboxylic acids is 1. The summed E-state index contributed by atoms with van der Waals surface area (Å²) in [6.07, 6.45) is 6.50. The summed E-state index contributed by atoms with van der Waals surface area (Å²) in [6.45, 7) is 0.926. The molecular weight excluding hydrogens is 280 g/mol. The molecule has 1 N–H and O–H groups in total. The van der Waals surface area contributed by atoms with Gasteiger partial charge in [0.2, 0.25) is 0 Å². The molecular formula is C17H20N2O3. The molecule has 1 saturated heterocycles. The summed E-state index contributed by atoms with van der Waals surface area (Å²) in [6, 6.07) is 3.63. The second kappa shape index (κ2) is 4.80. The number of carboxylic acid groups (broad SMARTS) is 1. The van der Waals surface area contributed by atoms with Gasteiger partial charge in [0.25, 0.3) is 5.91 Å². The van der Waals surface area contributed by atoms with Crippen molar-refractivity contribution in [3.05, 3.63) is 29.6 Å². The summed E-state index contributed by atoms with van der Waals surface area (Å²) in [5, 5.41) is 9.65.